The molecule has 0 amide bonds. The second-order valence-electron chi connectivity index (χ2n) is 3.17. The summed E-state index contributed by atoms with van der Waals surface area (Å²) in [5.74, 6) is 0. The molecule has 13 heavy (non-hydrogen) atoms. The lowest BCUT2D eigenvalue weighted by Crippen LogP contribution is -2.08. The predicted molar refractivity (Wildman–Crippen MR) is 58.1 cm³/mol. The number of benzene rings is 1. The summed E-state index contributed by atoms with van der Waals surface area (Å²) < 4.78 is 0. The number of rotatable bonds is 4. The molecule has 0 bridgehead atoms. The van der Waals surface area contributed by atoms with Crippen LogP contribution in [0.1, 0.15) is 18.1 Å². The number of aryl methyl sites for hydroxylation is 1. The summed E-state index contributed by atoms with van der Waals surface area (Å²) in [5, 5.41) is 3.35. The van der Waals surface area contributed by atoms with Crippen molar-refractivity contribution < 1.29 is 0 Å². The maximum atomic E-state index is 5.57. The van der Waals surface area contributed by atoms with E-state index in [2.05, 4.69) is 37.4 Å². The van der Waals surface area contributed by atoms with E-state index < -0.39 is 0 Å². The van der Waals surface area contributed by atoms with Crippen LogP contribution in [0, 0.1) is 6.92 Å². The zero-order valence-corrected chi connectivity index (χ0v) is 8.43. The first-order chi connectivity index (χ1) is 6.29. The monoisotopic (exact) mass is 178 g/mol. The molecule has 1 aromatic rings. The molecule has 0 aliphatic rings. The summed E-state index contributed by atoms with van der Waals surface area (Å²) in [6, 6.07) is 6.32. The van der Waals surface area contributed by atoms with Crippen molar-refractivity contribution >= 4 is 5.69 Å². The van der Waals surface area contributed by atoms with Crippen molar-refractivity contribution in [1.29, 1.82) is 0 Å². The summed E-state index contributed by atoms with van der Waals surface area (Å²) in [6.07, 6.45) is 0.953. The van der Waals surface area contributed by atoms with Gasteiger partial charge in [-0.25, -0.2) is 0 Å². The molecule has 3 N–H and O–H groups in total. The highest BCUT2D eigenvalue weighted by atomic mass is 14.9. The van der Waals surface area contributed by atoms with Gasteiger partial charge in [0.2, 0.25) is 0 Å². The molecule has 0 atom stereocenters. The smallest absolute Gasteiger partial charge is 0.0375 e. The Hall–Kier alpha value is -1.02. The van der Waals surface area contributed by atoms with Crippen molar-refractivity contribution in [2.24, 2.45) is 5.73 Å². The average Bonchev–Trinajstić information content (AvgIpc) is 2.11. The minimum absolute atomic E-state index is 0.712. The Labute approximate surface area is 80.1 Å². The van der Waals surface area contributed by atoms with Gasteiger partial charge in [0, 0.05) is 12.2 Å². The molecule has 2 nitrogen and oxygen atoms in total. The Morgan fingerprint density at radius 1 is 1.38 bits per heavy atom. The molecule has 0 saturated heterocycles. The van der Waals surface area contributed by atoms with E-state index in [1.165, 1.54) is 16.8 Å². The van der Waals surface area contributed by atoms with E-state index in [-0.39, 0.29) is 0 Å². The van der Waals surface area contributed by atoms with Gasteiger partial charge in [-0.3, -0.25) is 0 Å². The maximum absolute atomic E-state index is 5.57. The van der Waals surface area contributed by atoms with E-state index in [0.29, 0.717) is 6.54 Å². The van der Waals surface area contributed by atoms with Crippen molar-refractivity contribution in [2.45, 2.75) is 20.3 Å². The van der Waals surface area contributed by atoms with Crippen LogP contribution in [-0.4, -0.2) is 13.1 Å². The van der Waals surface area contributed by atoms with Crippen LogP contribution in [0.15, 0.2) is 18.2 Å². The van der Waals surface area contributed by atoms with Crippen molar-refractivity contribution in [3.05, 3.63) is 29.3 Å². The molecule has 0 radical (unpaired) electrons. The molecule has 0 heterocycles. The van der Waals surface area contributed by atoms with Gasteiger partial charge >= 0.3 is 0 Å². The highest BCUT2D eigenvalue weighted by molar-refractivity contribution is 5.54. The molecule has 0 unspecified atom stereocenters. The van der Waals surface area contributed by atoms with Crippen molar-refractivity contribution in [3.8, 4) is 0 Å². The van der Waals surface area contributed by atoms with Crippen LogP contribution in [0.5, 0.6) is 0 Å². The summed E-state index contributed by atoms with van der Waals surface area (Å²) in [4.78, 5) is 0. The number of hydrogen-bond donors (Lipinski definition) is 2. The third-order valence-corrected chi connectivity index (χ3v) is 2.17. The molecule has 2 heteroatoms. The molecule has 0 aliphatic heterocycles. The van der Waals surface area contributed by atoms with E-state index in [0.717, 1.165) is 13.0 Å². The number of nitrogens with one attached hydrogen (secondary N) is 1. The lowest BCUT2D eigenvalue weighted by molar-refractivity contribution is 0.956. The van der Waals surface area contributed by atoms with Gasteiger partial charge in [-0.15, -0.1) is 0 Å². The number of hydrogen-bond acceptors (Lipinski definition) is 2. The summed E-state index contributed by atoms with van der Waals surface area (Å²) in [7, 11) is 0. The van der Waals surface area contributed by atoms with Gasteiger partial charge in [0.15, 0.2) is 0 Å². The van der Waals surface area contributed by atoms with Gasteiger partial charge in [0.25, 0.3) is 0 Å². The molecule has 72 valence electrons. The van der Waals surface area contributed by atoms with Crippen molar-refractivity contribution in [1.82, 2.24) is 0 Å². The second kappa shape index (κ2) is 4.87. The third-order valence-electron chi connectivity index (χ3n) is 2.17. The predicted octanol–water partition coefficient (Wildman–Crippen LogP) is 1.93. The highest BCUT2D eigenvalue weighted by Gasteiger charge is 2.02. The van der Waals surface area contributed by atoms with Crippen LogP contribution in [0.4, 0.5) is 5.69 Å². The van der Waals surface area contributed by atoms with Crippen LogP contribution >= 0.6 is 0 Å². The number of nitrogens with two attached hydrogens (primary N) is 1. The summed E-state index contributed by atoms with van der Waals surface area (Å²) in [6.45, 7) is 5.91. The highest BCUT2D eigenvalue weighted by Crippen LogP contribution is 2.19. The van der Waals surface area contributed by atoms with E-state index in [1.54, 1.807) is 0 Å². The van der Waals surface area contributed by atoms with Gasteiger partial charge < -0.3 is 11.1 Å². The molecular formula is C11H18N2. The first kappa shape index (κ1) is 10.1. The lowest BCUT2D eigenvalue weighted by atomic mass is 10.0. The molecular weight excluding hydrogens is 160 g/mol. The SMILES string of the molecule is CCNc1cccc(C)c1CCN. The van der Waals surface area contributed by atoms with Crippen LogP contribution in [0.2, 0.25) is 0 Å². The van der Waals surface area contributed by atoms with E-state index in [4.69, 9.17) is 5.73 Å². The Kier molecular flexibility index (Phi) is 3.77. The zero-order valence-electron chi connectivity index (χ0n) is 8.43. The fourth-order valence-electron chi connectivity index (χ4n) is 1.53. The first-order valence-electron chi connectivity index (χ1n) is 4.82. The second-order valence-corrected chi connectivity index (χ2v) is 3.17. The van der Waals surface area contributed by atoms with Gasteiger partial charge in [-0.1, -0.05) is 12.1 Å². The fraction of sp³-hybridized carbons (Fsp3) is 0.455. The molecule has 0 fully saturated rings. The van der Waals surface area contributed by atoms with Gasteiger partial charge in [0.1, 0.15) is 0 Å². The average molecular weight is 178 g/mol. The standard InChI is InChI=1S/C11H18N2/c1-3-13-11-6-4-5-9(2)10(11)7-8-12/h4-6,13H,3,7-8,12H2,1-2H3. The van der Waals surface area contributed by atoms with Crippen LogP contribution < -0.4 is 11.1 Å². The molecule has 1 aromatic carbocycles. The van der Waals surface area contributed by atoms with Gasteiger partial charge in [-0.05, 0) is 44.0 Å². The topological polar surface area (TPSA) is 38.0 Å². The summed E-state index contributed by atoms with van der Waals surface area (Å²) in [5.41, 5.74) is 9.47. The molecule has 0 aromatic heterocycles. The molecule has 0 spiro atoms. The van der Waals surface area contributed by atoms with Gasteiger partial charge in [0.05, 0.1) is 0 Å². The molecule has 0 saturated carbocycles. The first-order valence-corrected chi connectivity index (χ1v) is 4.82. The van der Waals surface area contributed by atoms with Crippen LogP contribution in [0.3, 0.4) is 0 Å². The van der Waals surface area contributed by atoms with E-state index in [1.807, 2.05) is 0 Å². The quantitative estimate of drug-likeness (QED) is 0.739. The third kappa shape index (κ3) is 2.46. The molecule has 0 aliphatic carbocycles. The zero-order chi connectivity index (χ0) is 9.68. The number of anilines is 1. The Morgan fingerprint density at radius 2 is 2.15 bits per heavy atom. The maximum Gasteiger partial charge on any atom is 0.0375 e. The van der Waals surface area contributed by atoms with Crippen molar-refractivity contribution in [3.63, 3.8) is 0 Å². The lowest BCUT2D eigenvalue weighted by Gasteiger charge is -2.12. The Balaban J connectivity index is 2.95. The molecule has 1 rings (SSSR count). The Bertz CT molecular complexity index is 269. The minimum Gasteiger partial charge on any atom is -0.385 e. The summed E-state index contributed by atoms with van der Waals surface area (Å²) >= 11 is 0. The van der Waals surface area contributed by atoms with E-state index >= 15 is 0 Å². The fourth-order valence-corrected chi connectivity index (χ4v) is 1.53. The van der Waals surface area contributed by atoms with Crippen LogP contribution in [0.25, 0.3) is 0 Å². The minimum atomic E-state index is 0.712. The van der Waals surface area contributed by atoms with Gasteiger partial charge in [-0.2, -0.15) is 0 Å². The van der Waals surface area contributed by atoms with Crippen LogP contribution in [-0.2, 0) is 6.42 Å². The normalized spacial score (nSPS) is 10.1. The van der Waals surface area contributed by atoms with E-state index in [9.17, 15) is 0 Å². The largest absolute Gasteiger partial charge is 0.385 e. The van der Waals surface area contributed by atoms with Crippen molar-refractivity contribution in [2.75, 3.05) is 18.4 Å². The Morgan fingerprint density at radius 3 is 2.77 bits per heavy atom.